The number of rotatable bonds is 3. The third kappa shape index (κ3) is 2.95. The monoisotopic (exact) mass is 207 g/mol. The molecule has 1 radical (unpaired) electrons. The molecule has 0 bridgehead atoms. The molecule has 1 aromatic carbocycles. The molecule has 1 saturated carbocycles. The minimum atomic E-state index is -0.312. The van der Waals surface area contributed by atoms with Gasteiger partial charge in [0.05, 0.1) is 6.61 Å². The predicted octanol–water partition coefficient (Wildman–Crippen LogP) is 3.58. The quantitative estimate of drug-likeness (QED) is 0.736. The molecule has 0 spiro atoms. The Balaban J connectivity index is 1.84. The van der Waals surface area contributed by atoms with Crippen LogP contribution in [0.1, 0.15) is 32.1 Å². The molecule has 15 heavy (non-hydrogen) atoms. The van der Waals surface area contributed by atoms with Crippen molar-refractivity contribution in [2.75, 3.05) is 6.61 Å². The molecular weight excluding hydrogens is 191 g/mol. The van der Waals surface area contributed by atoms with Gasteiger partial charge < -0.3 is 4.74 Å². The van der Waals surface area contributed by atoms with Crippen LogP contribution < -0.4 is 4.74 Å². The molecule has 1 aliphatic rings. The molecule has 1 aromatic rings. The maximum Gasteiger partial charge on any atom is 0.165 e. The molecule has 0 aromatic heterocycles. The standard InChI is InChI=1S/C13H16FO/c14-12-8-4-5-9-13(12)15-10-11-6-2-1-3-7-11/h4-5,8,11H,1-3,6-7,10H2. The molecule has 1 aliphatic carbocycles. The Morgan fingerprint density at radius 3 is 2.87 bits per heavy atom. The van der Waals surface area contributed by atoms with Crippen molar-refractivity contribution in [3.63, 3.8) is 0 Å². The lowest BCUT2D eigenvalue weighted by Gasteiger charge is -2.21. The lowest BCUT2D eigenvalue weighted by molar-refractivity contribution is 0.202. The molecule has 81 valence electrons. The fourth-order valence-corrected chi connectivity index (χ4v) is 2.07. The van der Waals surface area contributed by atoms with Gasteiger partial charge in [-0.3, -0.25) is 0 Å². The topological polar surface area (TPSA) is 9.23 Å². The summed E-state index contributed by atoms with van der Waals surface area (Å²) in [5.74, 6) is 0.558. The molecule has 0 aliphatic heterocycles. The Morgan fingerprint density at radius 1 is 1.33 bits per heavy atom. The molecule has 0 amide bonds. The van der Waals surface area contributed by atoms with Gasteiger partial charge >= 0.3 is 0 Å². The SMILES string of the molecule is Fc1ccc[c]c1OCC1CCCCC1. The molecule has 0 unspecified atom stereocenters. The van der Waals surface area contributed by atoms with Crippen LogP contribution in [0.2, 0.25) is 0 Å². The Bertz CT molecular complexity index is 305. The maximum absolute atomic E-state index is 13.2. The average Bonchev–Trinajstić information content (AvgIpc) is 2.29. The molecule has 0 atom stereocenters. The zero-order valence-corrected chi connectivity index (χ0v) is 8.84. The molecule has 1 fully saturated rings. The lowest BCUT2D eigenvalue weighted by atomic mass is 9.90. The predicted molar refractivity (Wildman–Crippen MR) is 57.3 cm³/mol. The number of ether oxygens (including phenoxy) is 1. The van der Waals surface area contributed by atoms with Crippen LogP contribution in [0.3, 0.4) is 0 Å². The van der Waals surface area contributed by atoms with E-state index in [1.54, 1.807) is 12.1 Å². The second-order valence-electron chi connectivity index (χ2n) is 4.16. The highest BCUT2D eigenvalue weighted by Crippen LogP contribution is 2.25. The first-order chi connectivity index (χ1) is 7.36. The Hall–Kier alpha value is -1.05. The van der Waals surface area contributed by atoms with E-state index in [0.29, 0.717) is 12.5 Å². The summed E-state index contributed by atoms with van der Waals surface area (Å²) in [7, 11) is 0. The van der Waals surface area contributed by atoms with E-state index in [2.05, 4.69) is 6.07 Å². The van der Waals surface area contributed by atoms with Gasteiger partial charge in [-0.15, -0.1) is 0 Å². The fraction of sp³-hybridized carbons (Fsp3) is 0.538. The first-order valence-electron chi connectivity index (χ1n) is 5.65. The highest BCUT2D eigenvalue weighted by Gasteiger charge is 2.14. The van der Waals surface area contributed by atoms with Crippen LogP contribution in [0.15, 0.2) is 18.2 Å². The maximum atomic E-state index is 13.2. The van der Waals surface area contributed by atoms with Gasteiger partial charge in [-0.2, -0.15) is 0 Å². The van der Waals surface area contributed by atoms with Crippen molar-refractivity contribution in [2.24, 2.45) is 5.92 Å². The summed E-state index contributed by atoms with van der Waals surface area (Å²) in [5, 5.41) is 0. The van der Waals surface area contributed by atoms with E-state index in [-0.39, 0.29) is 11.6 Å². The zero-order chi connectivity index (χ0) is 10.5. The third-order valence-electron chi connectivity index (χ3n) is 2.96. The summed E-state index contributed by atoms with van der Waals surface area (Å²) in [6.07, 6.45) is 6.34. The van der Waals surface area contributed by atoms with Gasteiger partial charge in [0.2, 0.25) is 0 Å². The van der Waals surface area contributed by atoms with Gasteiger partial charge in [-0.1, -0.05) is 31.4 Å². The summed E-state index contributed by atoms with van der Waals surface area (Å²) in [5.41, 5.74) is 0. The van der Waals surface area contributed by atoms with E-state index >= 15 is 0 Å². The van der Waals surface area contributed by atoms with Crippen LogP contribution in [-0.4, -0.2) is 6.61 Å². The summed E-state index contributed by atoms with van der Waals surface area (Å²) in [4.78, 5) is 0. The molecular formula is C13H16FO. The first-order valence-corrected chi connectivity index (χ1v) is 5.65. The Kier molecular flexibility index (Phi) is 3.59. The first kappa shape index (κ1) is 10.5. The van der Waals surface area contributed by atoms with Crippen LogP contribution >= 0.6 is 0 Å². The van der Waals surface area contributed by atoms with E-state index in [4.69, 9.17) is 4.74 Å². The van der Waals surface area contributed by atoms with Gasteiger partial charge in [-0.25, -0.2) is 4.39 Å². The van der Waals surface area contributed by atoms with Crippen molar-refractivity contribution in [1.29, 1.82) is 0 Å². The lowest BCUT2D eigenvalue weighted by Crippen LogP contribution is -2.15. The zero-order valence-electron chi connectivity index (χ0n) is 8.84. The second kappa shape index (κ2) is 5.15. The summed E-state index contributed by atoms with van der Waals surface area (Å²) in [6, 6.07) is 7.50. The van der Waals surface area contributed by atoms with Crippen LogP contribution in [-0.2, 0) is 0 Å². The van der Waals surface area contributed by atoms with Crippen LogP contribution in [0.25, 0.3) is 0 Å². The molecule has 2 rings (SSSR count). The number of hydrogen-bond donors (Lipinski definition) is 0. The van der Waals surface area contributed by atoms with E-state index in [1.165, 1.54) is 38.2 Å². The van der Waals surface area contributed by atoms with E-state index in [9.17, 15) is 4.39 Å². The van der Waals surface area contributed by atoms with E-state index in [1.807, 2.05) is 0 Å². The minimum Gasteiger partial charge on any atom is -0.490 e. The number of hydrogen-bond acceptors (Lipinski definition) is 1. The van der Waals surface area contributed by atoms with Gasteiger partial charge in [0.25, 0.3) is 0 Å². The molecule has 2 heteroatoms. The van der Waals surface area contributed by atoms with Crippen LogP contribution in [0.5, 0.6) is 5.75 Å². The molecule has 0 saturated heterocycles. The molecule has 0 N–H and O–H groups in total. The fourth-order valence-electron chi connectivity index (χ4n) is 2.07. The van der Waals surface area contributed by atoms with Gasteiger partial charge in [0, 0.05) is 6.07 Å². The van der Waals surface area contributed by atoms with E-state index in [0.717, 1.165) is 0 Å². The number of halogens is 1. The van der Waals surface area contributed by atoms with Crippen molar-refractivity contribution in [1.82, 2.24) is 0 Å². The highest BCUT2D eigenvalue weighted by atomic mass is 19.1. The Morgan fingerprint density at radius 2 is 2.13 bits per heavy atom. The second-order valence-corrected chi connectivity index (χ2v) is 4.16. The number of benzene rings is 1. The summed E-state index contributed by atoms with van der Waals surface area (Å²) >= 11 is 0. The molecule has 1 nitrogen and oxygen atoms in total. The van der Waals surface area contributed by atoms with Crippen molar-refractivity contribution in [3.8, 4) is 5.75 Å². The van der Waals surface area contributed by atoms with Gasteiger partial charge in [-0.05, 0) is 24.8 Å². The van der Waals surface area contributed by atoms with E-state index < -0.39 is 0 Å². The van der Waals surface area contributed by atoms with Gasteiger partial charge in [0.1, 0.15) is 0 Å². The minimum absolute atomic E-state index is 0.267. The normalized spacial score (nSPS) is 17.7. The van der Waals surface area contributed by atoms with Crippen LogP contribution in [0, 0.1) is 17.8 Å². The largest absolute Gasteiger partial charge is 0.490 e. The van der Waals surface area contributed by atoms with Crippen LogP contribution in [0.4, 0.5) is 4.39 Å². The van der Waals surface area contributed by atoms with Gasteiger partial charge in [0.15, 0.2) is 11.6 Å². The van der Waals surface area contributed by atoms with Crippen molar-refractivity contribution < 1.29 is 9.13 Å². The van der Waals surface area contributed by atoms with Crippen molar-refractivity contribution >= 4 is 0 Å². The summed E-state index contributed by atoms with van der Waals surface area (Å²) < 4.78 is 18.6. The van der Waals surface area contributed by atoms with Crippen molar-refractivity contribution in [2.45, 2.75) is 32.1 Å². The molecule has 0 heterocycles. The van der Waals surface area contributed by atoms with Crippen molar-refractivity contribution in [3.05, 3.63) is 30.1 Å². The number of para-hydroxylation sites is 1. The average molecular weight is 207 g/mol. The smallest absolute Gasteiger partial charge is 0.165 e. The third-order valence-corrected chi connectivity index (χ3v) is 2.96. The summed E-state index contributed by atoms with van der Waals surface area (Å²) in [6.45, 7) is 0.636. The highest BCUT2D eigenvalue weighted by molar-refractivity contribution is 5.21. The Labute approximate surface area is 90.3 Å².